The topological polar surface area (TPSA) is 34.1 Å². The van der Waals surface area contributed by atoms with Crippen LogP contribution in [0.4, 0.5) is 13.2 Å². The molecule has 0 aliphatic rings. The van der Waals surface area contributed by atoms with E-state index in [0.29, 0.717) is 12.4 Å². The molecular weight excluding hydrogens is 221 g/mol. The number of nitrogens with one attached hydrogen (secondary N) is 1. The number of nitrogens with zero attached hydrogens (tertiary/aromatic N) is 1. The zero-order valence-corrected chi connectivity index (χ0v) is 8.84. The summed E-state index contributed by atoms with van der Waals surface area (Å²) < 4.78 is 40.4. The number of aromatic nitrogens is 1. The lowest BCUT2D eigenvalue weighted by Crippen LogP contribution is -2.21. The molecule has 0 atom stereocenters. The largest absolute Gasteiger partial charge is 0.481 e. The third-order valence-corrected chi connectivity index (χ3v) is 1.92. The zero-order valence-electron chi connectivity index (χ0n) is 8.84. The maximum Gasteiger partial charge on any atom is 0.390 e. The van der Waals surface area contributed by atoms with Crippen LogP contribution in [0.15, 0.2) is 18.3 Å². The van der Waals surface area contributed by atoms with Gasteiger partial charge in [-0.05, 0) is 11.6 Å². The van der Waals surface area contributed by atoms with Crippen molar-refractivity contribution in [1.29, 1.82) is 0 Å². The van der Waals surface area contributed by atoms with Crippen LogP contribution in [-0.2, 0) is 6.54 Å². The first-order chi connectivity index (χ1) is 7.51. The predicted octanol–water partition coefficient (Wildman–Crippen LogP) is 2.13. The Morgan fingerprint density at radius 2 is 2.19 bits per heavy atom. The van der Waals surface area contributed by atoms with E-state index in [4.69, 9.17) is 4.74 Å². The molecule has 1 heterocycles. The zero-order chi connectivity index (χ0) is 12.0. The van der Waals surface area contributed by atoms with E-state index in [1.54, 1.807) is 18.3 Å². The Morgan fingerprint density at radius 3 is 2.81 bits per heavy atom. The average molecular weight is 234 g/mol. The van der Waals surface area contributed by atoms with E-state index >= 15 is 0 Å². The summed E-state index contributed by atoms with van der Waals surface area (Å²) in [6.07, 6.45) is -3.38. The standard InChI is InChI=1S/C10H13F3N2O/c1-16-9-6-8(2-4-15-9)7-14-5-3-10(11,12)13/h2,4,6,14H,3,5,7H2,1H3. The molecule has 1 aromatic rings. The molecule has 0 saturated heterocycles. The van der Waals surface area contributed by atoms with E-state index in [1.165, 1.54) is 7.11 Å². The van der Waals surface area contributed by atoms with Gasteiger partial charge in [-0.25, -0.2) is 4.98 Å². The normalized spacial score (nSPS) is 11.5. The molecule has 0 aromatic carbocycles. The van der Waals surface area contributed by atoms with Crippen LogP contribution in [0.25, 0.3) is 0 Å². The number of ether oxygens (including phenoxy) is 1. The van der Waals surface area contributed by atoms with Gasteiger partial charge >= 0.3 is 6.18 Å². The lowest BCUT2D eigenvalue weighted by molar-refractivity contribution is -0.133. The Morgan fingerprint density at radius 1 is 1.44 bits per heavy atom. The summed E-state index contributed by atoms with van der Waals surface area (Å²) in [7, 11) is 1.49. The molecule has 0 radical (unpaired) electrons. The fourth-order valence-corrected chi connectivity index (χ4v) is 1.13. The number of methoxy groups -OCH3 is 1. The van der Waals surface area contributed by atoms with E-state index in [2.05, 4.69) is 10.3 Å². The monoisotopic (exact) mass is 234 g/mol. The Bertz CT molecular complexity index is 328. The van der Waals surface area contributed by atoms with Crippen LogP contribution in [0.3, 0.4) is 0 Å². The first-order valence-electron chi connectivity index (χ1n) is 4.77. The molecule has 16 heavy (non-hydrogen) atoms. The van der Waals surface area contributed by atoms with Gasteiger partial charge in [0, 0.05) is 25.4 Å². The van der Waals surface area contributed by atoms with Crippen molar-refractivity contribution in [3.63, 3.8) is 0 Å². The summed E-state index contributed by atoms with van der Waals surface area (Å²) in [5, 5.41) is 2.71. The van der Waals surface area contributed by atoms with Crippen molar-refractivity contribution in [3.8, 4) is 5.88 Å². The predicted molar refractivity (Wildman–Crippen MR) is 53.2 cm³/mol. The summed E-state index contributed by atoms with van der Waals surface area (Å²) in [4.78, 5) is 3.90. The molecule has 0 amide bonds. The van der Waals surface area contributed by atoms with Gasteiger partial charge in [-0.3, -0.25) is 0 Å². The molecule has 90 valence electrons. The van der Waals surface area contributed by atoms with Crippen LogP contribution in [0.1, 0.15) is 12.0 Å². The minimum Gasteiger partial charge on any atom is -0.481 e. The molecule has 1 N–H and O–H groups in total. The average Bonchev–Trinajstić information content (AvgIpc) is 2.23. The van der Waals surface area contributed by atoms with Gasteiger partial charge in [0.05, 0.1) is 13.5 Å². The summed E-state index contributed by atoms with van der Waals surface area (Å²) >= 11 is 0. The Balaban J connectivity index is 2.32. The highest BCUT2D eigenvalue weighted by Crippen LogP contribution is 2.18. The molecule has 0 saturated carbocycles. The van der Waals surface area contributed by atoms with Gasteiger partial charge < -0.3 is 10.1 Å². The molecule has 0 unspecified atom stereocenters. The van der Waals surface area contributed by atoms with Gasteiger partial charge in [0.2, 0.25) is 5.88 Å². The molecule has 1 rings (SSSR count). The minimum atomic E-state index is -4.11. The van der Waals surface area contributed by atoms with Gasteiger partial charge in [-0.1, -0.05) is 0 Å². The fourth-order valence-electron chi connectivity index (χ4n) is 1.13. The number of pyridine rings is 1. The maximum atomic E-state index is 11.8. The van der Waals surface area contributed by atoms with E-state index in [-0.39, 0.29) is 6.54 Å². The van der Waals surface area contributed by atoms with Crippen LogP contribution in [-0.4, -0.2) is 24.8 Å². The van der Waals surface area contributed by atoms with Crippen molar-refractivity contribution in [1.82, 2.24) is 10.3 Å². The van der Waals surface area contributed by atoms with Crippen LogP contribution in [0.2, 0.25) is 0 Å². The second-order valence-electron chi connectivity index (χ2n) is 3.25. The van der Waals surface area contributed by atoms with Crippen LogP contribution < -0.4 is 10.1 Å². The first kappa shape index (κ1) is 12.8. The van der Waals surface area contributed by atoms with Gasteiger partial charge in [0.25, 0.3) is 0 Å². The van der Waals surface area contributed by atoms with Crippen molar-refractivity contribution in [2.24, 2.45) is 0 Å². The Kier molecular flexibility index (Phi) is 4.54. The molecular formula is C10H13F3N2O. The van der Waals surface area contributed by atoms with E-state index in [9.17, 15) is 13.2 Å². The molecule has 0 fully saturated rings. The number of hydrogen-bond donors (Lipinski definition) is 1. The van der Waals surface area contributed by atoms with Crippen LogP contribution >= 0.6 is 0 Å². The Labute approximate surface area is 91.6 Å². The van der Waals surface area contributed by atoms with Gasteiger partial charge in [0.15, 0.2) is 0 Å². The molecule has 0 spiro atoms. The van der Waals surface area contributed by atoms with Crippen molar-refractivity contribution in [2.75, 3.05) is 13.7 Å². The second-order valence-corrected chi connectivity index (χ2v) is 3.25. The van der Waals surface area contributed by atoms with E-state index in [1.807, 2.05) is 0 Å². The number of halogens is 3. The molecule has 0 aliphatic heterocycles. The highest BCUT2D eigenvalue weighted by atomic mass is 19.4. The van der Waals surface area contributed by atoms with Crippen molar-refractivity contribution < 1.29 is 17.9 Å². The highest BCUT2D eigenvalue weighted by molar-refractivity contribution is 5.20. The van der Waals surface area contributed by atoms with Crippen molar-refractivity contribution >= 4 is 0 Å². The van der Waals surface area contributed by atoms with Crippen molar-refractivity contribution in [3.05, 3.63) is 23.9 Å². The third-order valence-electron chi connectivity index (χ3n) is 1.92. The first-order valence-corrected chi connectivity index (χ1v) is 4.77. The van der Waals surface area contributed by atoms with Gasteiger partial charge in [-0.2, -0.15) is 13.2 Å². The SMILES string of the molecule is COc1cc(CNCCC(F)(F)F)ccn1. The number of hydrogen-bond acceptors (Lipinski definition) is 3. The molecule has 6 heteroatoms. The van der Waals surface area contributed by atoms with Crippen LogP contribution in [0, 0.1) is 0 Å². The quantitative estimate of drug-likeness (QED) is 0.792. The fraction of sp³-hybridized carbons (Fsp3) is 0.500. The van der Waals surface area contributed by atoms with E-state index < -0.39 is 12.6 Å². The molecule has 0 aliphatic carbocycles. The van der Waals surface area contributed by atoms with E-state index in [0.717, 1.165) is 5.56 Å². The summed E-state index contributed by atoms with van der Waals surface area (Å²) in [6, 6.07) is 3.41. The van der Waals surface area contributed by atoms with Crippen molar-refractivity contribution in [2.45, 2.75) is 19.1 Å². The lowest BCUT2D eigenvalue weighted by atomic mass is 10.2. The summed E-state index contributed by atoms with van der Waals surface area (Å²) in [5.41, 5.74) is 0.842. The number of rotatable bonds is 5. The smallest absolute Gasteiger partial charge is 0.390 e. The number of alkyl halides is 3. The van der Waals surface area contributed by atoms with Gasteiger partial charge in [0.1, 0.15) is 0 Å². The maximum absolute atomic E-state index is 11.8. The minimum absolute atomic E-state index is 0.0891. The molecule has 1 aromatic heterocycles. The summed E-state index contributed by atoms with van der Waals surface area (Å²) in [6.45, 7) is 0.281. The van der Waals surface area contributed by atoms with Gasteiger partial charge in [-0.15, -0.1) is 0 Å². The van der Waals surface area contributed by atoms with Crippen LogP contribution in [0.5, 0.6) is 5.88 Å². The highest BCUT2D eigenvalue weighted by Gasteiger charge is 2.25. The molecule has 0 bridgehead atoms. The summed E-state index contributed by atoms with van der Waals surface area (Å²) in [5.74, 6) is 0.454. The lowest BCUT2D eigenvalue weighted by Gasteiger charge is -2.08. The molecule has 3 nitrogen and oxygen atoms in total. The second kappa shape index (κ2) is 5.69. The third kappa shape index (κ3) is 4.97. The Hall–Kier alpha value is -1.30.